The normalized spacial score (nSPS) is 16.5. The van der Waals surface area contributed by atoms with Crippen LogP contribution in [0.15, 0.2) is 66.9 Å². The van der Waals surface area contributed by atoms with Crippen molar-refractivity contribution in [2.75, 3.05) is 26.2 Å². The van der Waals surface area contributed by atoms with Crippen molar-refractivity contribution in [2.45, 2.75) is 44.7 Å². The molecular weight excluding hydrogens is 528 g/mol. The van der Waals surface area contributed by atoms with Crippen LogP contribution < -0.4 is 11.1 Å². The molecule has 2 aliphatic rings. The number of nitrogens with two attached hydrogens (primary N) is 1. The molecule has 0 aliphatic carbocycles. The van der Waals surface area contributed by atoms with E-state index in [0.717, 1.165) is 57.3 Å². The molecule has 42 heavy (non-hydrogen) atoms. The first-order chi connectivity index (χ1) is 20.4. The standard InChI is InChI=1S/C33H36N6O3/c34-20-25-1-3-26(4-2-25)22-38-15-13-29(14-16-38)37-32(41)30-10-9-28(21-36-30)33(42)39-17-11-24(12-18-39)19-23-5-7-27(8-6-23)31(35)40/h1-10,21,24,29H,11-19,22H2,(H2,35,40)(H,37,41). The number of carbonyl (C=O) groups is 3. The molecule has 5 rings (SSSR count). The molecule has 2 saturated heterocycles. The SMILES string of the molecule is N#Cc1ccc(CN2CCC(NC(=O)c3ccc(C(=O)N4CCC(Cc5ccc(C(N)=O)cc5)CC4)cn3)CC2)cc1. The van der Waals surface area contributed by atoms with Crippen molar-refractivity contribution in [3.8, 4) is 6.07 Å². The van der Waals surface area contributed by atoms with Crippen molar-refractivity contribution in [3.63, 3.8) is 0 Å². The summed E-state index contributed by atoms with van der Waals surface area (Å²) in [6.07, 6.45) is 5.93. The minimum Gasteiger partial charge on any atom is -0.366 e. The molecule has 3 N–H and O–H groups in total. The number of nitrogens with one attached hydrogen (secondary N) is 1. The Balaban J connectivity index is 1.05. The number of primary amides is 1. The predicted octanol–water partition coefficient (Wildman–Crippen LogP) is 3.54. The maximum atomic E-state index is 13.1. The molecule has 0 saturated carbocycles. The summed E-state index contributed by atoms with van der Waals surface area (Å²) in [5.41, 5.74) is 9.63. The summed E-state index contributed by atoms with van der Waals surface area (Å²) in [6.45, 7) is 3.94. The summed E-state index contributed by atoms with van der Waals surface area (Å²) in [5.74, 6) is -0.233. The van der Waals surface area contributed by atoms with Gasteiger partial charge in [0.1, 0.15) is 5.69 Å². The fraction of sp³-hybridized carbons (Fsp3) is 0.364. The lowest BCUT2D eigenvalue weighted by Crippen LogP contribution is -2.44. The number of likely N-dealkylation sites (tertiary alicyclic amines) is 2. The van der Waals surface area contributed by atoms with Crippen LogP contribution >= 0.6 is 0 Å². The number of nitrogens with zero attached hydrogens (tertiary/aromatic N) is 4. The van der Waals surface area contributed by atoms with Crippen LogP contribution in [-0.2, 0) is 13.0 Å². The number of hydrogen-bond acceptors (Lipinski definition) is 6. The van der Waals surface area contributed by atoms with Gasteiger partial charge in [-0.1, -0.05) is 24.3 Å². The molecule has 3 amide bonds. The van der Waals surface area contributed by atoms with Gasteiger partial charge in [0.2, 0.25) is 5.91 Å². The van der Waals surface area contributed by atoms with E-state index in [2.05, 4.69) is 21.3 Å². The maximum Gasteiger partial charge on any atom is 0.270 e. The van der Waals surface area contributed by atoms with E-state index in [1.165, 1.54) is 11.8 Å². The Morgan fingerprint density at radius 3 is 2.10 bits per heavy atom. The molecule has 9 nitrogen and oxygen atoms in total. The molecule has 216 valence electrons. The monoisotopic (exact) mass is 564 g/mol. The first-order valence-corrected chi connectivity index (χ1v) is 14.5. The predicted molar refractivity (Wildman–Crippen MR) is 158 cm³/mol. The molecule has 0 bridgehead atoms. The molecule has 1 aromatic heterocycles. The zero-order chi connectivity index (χ0) is 29.5. The molecular formula is C33H36N6O3. The van der Waals surface area contributed by atoms with Crippen molar-refractivity contribution in [1.82, 2.24) is 20.1 Å². The van der Waals surface area contributed by atoms with Crippen LogP contribution in [-0.4, -0.2) is 64.7 Å². The second kappa shape index (κ2) is 13.4. The highest BCUT2D eigenvalue weighted by molar-refractivity contribution is 5.96. The lowest BCUT2D eigenvalue weighted by atomic mass is 9.89. The molecule has 3 aromatic rings. The number of carbonyl (C=O) groups excluding carboxylic acids is 3. The van der Waals surface area contributed by atoms with Crippen LogP contribution in [0.4, 0.5) is 0 Å². The van der Waals surface area contributed by atoms with Gasteiger partial charge in [0.25, 0.3) is 11.8 Å². The molecule has 0 spiro atoms. The van der Waals surface area contributed by atoms with E-state index in [4.69, 9.17) is 11.0 Å². The van der Waals surface area contributed by atoms with E-state index >= 15 is 0 Å². The van der Waals surface area contributed by atoms with Gasteiger partial charge in [0.05, 0.1) is 17.2 Å². The van der Waals surface area contributed by atoms with Crippen LogP contribution in [0.5, 0.6) is 0 Å². The molecule has 3 heterocycles. The van der Waals surface area contributed by atoms with Crippen LogP contribution in [0.2, 0.25) is 0 Å². The van der Waals surface area contributed by atoms with Crippen LogP contribution in [0, 0.1) is 17.2 Å². The lowest BCUT2D eigenvalue weighted by molar-refractivity contribution is 0.0689. The van der Waals surface area contributed by atoms with Gasteiger partial charge >= 0.3 is 0 Å². The third-order valence-corrected chi connectivity index (χ3v) is 8.32. The van der Waals surface area contributed by atoms with Gasteiger partial charge in [-0.15, -0.1) is 0 Å². The Bertz CT molecular complexity index is 1430. The van der Waals surface area contributed by atoms with Crippen molar-refractivity contribution >= 4 is 17.7 Å². The number of piperidine rings is 2. The quantitative estimate of drug-likeness (QED) is 0.430. The highest BCUT2D eigenvalue weighted by Gasteiger charge is 2.25. The third-order valence-electron chi connectivity index (χ3n) is 8.32. The van der Waals surface area contributed by atoms with E-state index in [1.54, 1.807) is 24.3 Å². The number of amides is 3. The Kier molecular flexibility index (Phi) is 9.25. The zero-order valence-corrected chi connectivity index (χ0v) is 23.7. The van der Waals surface area contributed by atoms with Gasteiger partial charge in [-0.05, 0) is 85.5 Å². The number of pyridine rings is 1. The molecule has 2 aromatic carbocycles. The first kappa shape index (κ1) is 29.0. The number of hydrogen-bond donors (Lipinski definition) is 2. The maximum absolute atomic E-state index is 13.1. The molecule has 0 unspecified atom stereocenters. The average Bonchev–Trinajstić information content (AvgIpc) is 3.03. The lowest BCUT2D eigenvalue weighted by Gasteiger charge is -2.32. The Hall–Kier alpha value is -4.55. The fourth-order valence-electron chi connectivity index (χ4n) is 5.75. The van der Waals surface area contributed by atoms with Crippen molar-refractivity contribution in [2.24, 2.45) is 11.7 Å². The second-order valence-corrected chi connectivity index (χ2v) is 11.3. The van der Waals surface area contributed by atoms with E-state index < -0.39 is 5.91 Å². The van der Waals surface area contributed by atoms with E-state index in [9.17, 15) is 14.4 Å². The molecule has 2 fully saturated rings. The van der Waals surface area contributed by atoms with Crippen molar-refractivity contribution < 1.29 is 14.4 Å². The van der Waals surface area contributed by atoms with E-state index in [0.29, 0.717) is 41.4 Å². The number of nitriles is 1. The minimum atomic E-state index is -0.426. The van der Waals surface area contributed by atoms with Gasteiger partial charge in [-0.25, -0.2) is 0 Å². The smallest absolute Gasteiger partial charge is 0.270 e. The summed E-state index contributed by atoms with van der Waals surface area (Å²) >= 11 is 0. The van der Waals surface area contributed by atoms with Gasteiger partial charge in [0.15, 0.2) is 0 Å². The molecule has 2 aliphatic heterocycles. The molecule has 0 radical (unpaired) electrons. The molecule has 0 atom stereocenters. The fourth-order valence-corrected chi connectivity index (χ4v) is 5.75. The van der Waals surface area contributed by atoms with Crippen LogP contribution in [0.1, 0.15) is 73.6 Å². The van der Waals surface area contributed by atoms with Crippen molar-refractivity contribution in [1.29, 1.82) is 5.26 Å². The minimum absolute atomic E-state index is 0.0617. The van der Waals surface area contributed by atoms with E-state index in [-0.39, 0.29) is 17.9 Å². The summed E-state index contributed by atoms with van der Waals surface area (Å²) < 4.78 is 0. The van der Waals surface area contributed by atoms with Gasteiger partial charge in [-0.2, -0.15) is 5.26 Å². The second-order valence-electron chi connectivity index (χ2n) is 11.3. The molecule has 9 heteroatoms. The summed E-state index contributed by atoms with van der Waals surface area (Å²) in [4.78, 5) is 45.7. The number of aromatic nitrogens is 1. The summed E-state index contributed by atoms with van der Waals surface area (Å²) in [7, 11) is 0. The Labute approximate surface area is 246 Å². The van der Waals surface area contributed by atoms with Gasteiger partial charge < -0.3 is 16.0 Å². The number of rotatable bonds is 8. The van der Waals surface area contributed by atoms with Gasteiger partial charge in [0, 0.05) is 50.5 Å². The first-order valence-electron chi connectivity index (χ1n) is 14.5. The van der Waals surface area contributed by atoms with E-state index in [1.807, 2.05) is 41.3 Å². The highest BCUT2D eigenvalue weighted by atomic mass is 16.2. The Morgan fingerprint density at radius 2 is 1.50 bits per heavy atom. The van der Waals surface area contributed by atoms with Crippen LogP contribution in [0.25, 0.3) is 0 Å². The summed E-state index contributed by atoms with van der Waals surface area (Å²) in [5, 5.41) is 12.1. The van der Waals surface area contributed by atoms with Crippen molar-refractivity contribution in [3.05, 3.63) is 100 Å². The highest BCUT2D eigenvalue weighted by Crippen LogP contribution is 2.23. The zero-order valence-electron chi connectivity index (χ0n) is 23.7. The average molecular weight is 565 g/mol. The topological polar surface area (TPSA) is 132 Å². The summed E-state index contributed by atoms with van der Waals surface area (Å²) in [6, 6.07) is 20.6. The largest absolute Gasteiger partial charge is 0.366 e. The number of benzene rings is 2. The van der Waals surface area contributed by atoms with Gasteiger partial charge in [-0.3, -0.25) is 24.3 Å². The van der Waals surface area contributed by atoms with Crippen LogP contribution in [0.3, 0.4) is 0 Å². The third kappa shape index (κ3) is 7.39. The Morgan fingerprint density at radius 1 is 0.857 bits per heavy atom.